The SMILES string of the molecule is C[Si](C)(C)c1ccc(-c2ccc(C=O)cc2)cc1. The summed E-state index contributed by atoms with van der Waals surface area (Å²) in [5.74, 6) is 0. The number of benzene rings is 2. The van der Waals surface area contributed by atoms with Crippen LogP contribution in [0.4, 0.5) is 0 Å². The van der Waals surface area contributed by atoms with Gasteiger partial charge in [0.25, 0.3) is 0 Å². The van der Waals surface area contributed by atoms with Gasteiger partial charge in [0.1, 0.15) is 6.29 Å². The predicted molar refractivity (Wildman–Crippen MR) is 80.2 cm³/mol. The van der Waals surface area contributed by atoms with Crippen LogP contribution in [0.25, 0.3) is 11.1 Å². The number of carbonyl (C=O) groups is 1. The maximum atomic E-state index is 10.6. The van der Waals surface area contributed by atoms with Gasteiger partial charge in [0.05, 0.1) is 8.07 Å². The fourth-order valence-corrected chi connectivity index (χ4v) is 3.08. The van der Waals surface area contributed by atoms with E-state index < -0.39 is 8.07 Å². The molecule has 0 radical (unpaired) electrons. The van der Waals surface area contributed by atoms with Crippen molar-refractivity contribution in [3.63, 3.8) is 0 Å². The number of carbonyl (C=O) groups excluding carboxylic acids is 1. The van der Waals surface area contributed by atoms with E-state index in [0.717, 1.165) is 17.4 Å². The van der Waals surface area contributed by atoms with Gasteiger partial charge in [-0.15, -0.1) is 0 Å². The zero-order valence-corrected chi connectivity index (χ0v) is 12.1. The molecule has 1 nitrogen and oxygen atoms in total. The summed E-state index contributed by atoms with van der Waals surface area (Å²) in [6.45, 7) is 7.04. The first-order valence-electron chi connectivity index (χ1n) is 6.17. The first-order valence-corrected chi connectivity index (χ1v) is 9.67. The summed E-state index contributed by atoms with van der Waals surface area (Å²) < 4.78 is 0. The van der Waals surface area contributed by atoms with Crippen LogP contribution in [0.1, 0.15) is 10.4 Å². The summed E-state index contributed by atoms with van der Waals surface area (Å²) in [6.07, 6.45) is 0.873. The van der Waals surface area contributed by atoms with Crippen LogP contribution >= 0.6 is 0 Å². The Labute approximate surface area is 109 Å². The van der Waals surface area contributed by atoms with Gasteiger partial charge in [-0.1, -0.05) is 73.4 Å². The van der Waals surface area contributed by atoms with Crippen LogP contribution in [-0.4, -0.2) is 14.4 Å². The van der Waals surface area contributed by atoms with Crippen molar-refractivity contribution < 1.29 is 4.79 Å². The van der Waals surface area contributed by atoms with E-state index in [9.17, 15) is 4.79 Å². The van der Waals surface area contributed by atoms with Crippen LogP contribution in [0, 0.1) is 0 Å². The molecule has 2 aromatic carbocycles. The molecule has 0 aromatic heterocycles. The maximum absolute atomic E-state index is 10.6. The third kappa shape index (κ3) is 2.77. The van der Waals surface area contributed by atoms with Crippen LogP contribution in [0.15, 0.2) is 48.5 Å². The minimum Gasteiger partial charge on any atom is -0.298 e. The summed E-state index contributed by atoms with van der Waals surface area (Å²) in [7, 11) is -1.22. The molecule has 2 aromatic rings. The molecule has 0 heterocycles. The standard InChI is InChI=1S/C16H18OSi/c1-18(2,3)16-10-8-15(9-11-16)14-6-4-13(12-17)5-7-14/h4-12H,1-3H3. The van der Waals surface area contributed by atoms with E-state index in [1.807, 2.05) is 24.3 Å². The van der Waals surface area contributed by atoms with E-state index >= 15 is 0 Å². The molecular formula is C16H18OSi. The minimum absolute atomic E-state index is 0.720. The molecule has 18 heavy (non-hydrogen) atoms. The molecule has 0 atom stereocenters. The van der Waals surface area contributed by atoms with Gasteiger partial charge in [0, 0.05) is 5.56 Å². The quantitative estimate of drug-likeness (QED) is 0.603. The van der Waals surface area contributed by atoms with Gasteiger partial charge < -0.3 is 0 Å². The first kappa shape index (κ1) is 12.8. The van der Waals surface area contributed by atoms with Gasteiger partial charge in [-0.3, -0.25) is 4.79 Å². The summed E-state index contributed by atoms with van der Waals surface area (Å²) in [5, 5.41) is 1.47. The van der Waals surface area contributed by atoms with Crippen molar-refractivity contribution in [1.82, 2.24) is 0 Å². The Morgan fingerprint density at radius 3 is 1.61 bits per heavy atom. The second-order valence-corrected chi connectivity index (χ2v) is 10.6. The highest BCUT2D eigenvalue weighted by Crippen LogP contribution is 2.19. The van der Waals surface area contributed by atoms with Gasteiger partial charge in [0.2, 0.25) is 0 Å². The minimum atomic E-state index is -1.22. The van der Waals surface area contributed by atoms with Gasteiger partial charge in [-0.25, -0.2) is 0 Å². The number of rotatable bonds is 3. The average Bonchev–Trinajstić information content (AvgIpc) is 2.38. The van der Waals surface area contributed by atoms with E-state index in [-0.39, 0.29) is 0 Å². The van der Waals surface area contributed by atoms with Crippen molar-refractivity contribution in [3.05, 3.63) is 54.1 Å². The third-order valence-corrected chi connectivity index (χ3v) is 5.20. The second kappa shape index (κ2) is 4.90. The summed E-state index contributed by atoms with van der Waals surface area (Å²) >= 11 is 0. The average molecular weight is 254 g/mol. The number of hydrogen-bond donors (Lipinski definition) is 0. The van der Waals surface area contributed by atoms with Gasteiger partial charge in [-0.2, -0.15) is 0 Å². The molecule has 0 spiro atoms. The van der Waals surface area contributed by atoms with E-state index in [2.05, 4.69) is 43.9 Å². The van der Waals surface area contributed by atoms with E-state index in [4.69, 9.17) is 0 Å². The Balaban J connectivity index is 2.31. The third-order valence-electron chi connectivity index (χ3n) is 3.13. The van der Waals surface area contributed by atoms with Crippen molar-refractivity contribution >= 4 is 19.5 Å². The van der Waals surface area contributed by atoms with Gasteiger partial charge >= 0.3 is 0 Å². The highest BCUT2D eigenvalue weighted by Gasteiger charge is 2.15. The summed E-state index contributed by atoms with van der Waals surface area (Å²) in [5.41, 5.74) is 3.08. The smallest absolute Gasteiger partial charge is 0.150 e. The first-order chi connectivity index (χ1) is 8.50. The van der Waals surface area contributed by atoms with Crippen molar-refractivity contribution in [1.29, 1.82) is 0 Å². The molecule has 2 rings (SSSR count). The van der Waals surface area contributed by atoms with E-state index in [0.29, 0.717) is 0 Å². The van der Waals surface area contributed by atoms with Crippen molar-refractivity contribution in [3.8, 4) is 11.1 Å². The van der Waals surface area contributed by atoms with Crippen molar-refractivity contribution in [2.24, 2.45) is 0 Å². The van der Waals surface area contributed by atoms with Crippen LogP contribution in [0.2, 0.25) is 19.6 Å². The molecule has 0 unspecified atom stereocenters. The number of aldehydes is 1. The van der Waals surface area contributed by atoms with Crippen molar-refractivity contribution in [2.45, 2.75) is 19.6 Å². The van der Waals surface area contributed by atoms with E-state index in [1.54, 1.807) is 0 Å². The monoisotopic (exact) mass is 254 g/mol. The largest absolute Gasteiger partial charge is 0.298 e. The molecule has 0 saturated carbocycles. The van der Waals surface area contributed by atoms with Crippen LogP contribution < -0.4 is 5.19 Å². The lowest BCUT2D eigenvalue weighted by Gasteiger charge is -2.16. The molecule has 0 aliphatic heterocycles. The fraction of sp³-hybridized carbons (Fsp3) is 0.188. The summed E-state index contributed by atoms with van der Waals surface area (Å²) in [6, 6.07) is 16.5. The molecule has 0 N–H and O–H groups in total. The molecule has 92 valence electrons. The molecule has 0 fully saturated rings. The summed E-state index contributed by atoms with van der Waals surface area (Å²) in [4.78, 5) is 10.6. The van der Waals surface area contributed by atoms with Gasteiger partial charge in [0.15, 0.2) is 0 Å². The highest BCUT2D eigenvalue weighted by molar-refractivity contribution is 6.88. The maximum Gasteiger partial charge on any atom is 0.150 e. The Hall–Kier alpha value is -1.67. The topological polar surface area (TPSA) is 17.1 Å². The van der Waals surface area contributed by atoms with Crippen LogP contribution in [0.3, 0.4) is 0 Å². The molecule has 0 aliphatic rings. The molecular weight excluding hydrogens is 236 g/mol. The molecule has 0 amide bonds. The Morgan fingerprint density at radius 2 is 1.22 bits per heavy atom. The second-order valence-electron chi connectivity index (χ2n) is 5.57. The lowest BCUT2D eigenvalue weighted by atomic mass is 10.0. The Kier molecular flexibility index (Phi) is 3.48. The lowest BCUT2D eigenvalue weighted by molar-refractivity contribution is 0.112. The molecule has 0 saturated heterocycles. The number of hydrogen-bond acceptors (Lipinski definition) is 1. The van der Waals surface area contributed by atoms with Crippen molar-refractivity contribution in [2.75, 3.05) is 0 Å². The normalized spacial score (nSPS) is 11.3. The van der Waals surface area contributed by atoms with Crippen LogP contribution in [-0.2, 0) is 0 Å². The molecule has 0 aliphatic carbocycles. The molecule has 0 bridgehead atoms. The van der Waals surface area contributed by atoms with Gasteiger partial charge in [-0.05, 0) is 11.1 Å². The molecule has 2 heteroatoms. The lowest BCUT2D eigenvalue weighted by Crippen LogP contribution is -2.37. The van der Waals surface area contributed by atoms with E-state index in [1.165, 1.54) is 10.8 Å². The fourth-order valence-electron chi connectivity index (χ4n) is 1.92. The Morgan fingerprint density at radius 1 is 0.778 bits per heavy atom. The predicted octanol–water partition coefficient (Wildman–Crippen LogP) is 3.71. The zero-order valence-electron chi connectivity index (χ0n) is 11.1. The Bertz CT molecular complexity index is 533. The zero-order chi connectivity index (χ0) is 13.2. The highest BCUT2D eigenvalue weighted by atomic mass is 28.3. The van der Waals surface area contributed by atoms with Crippen LogP contribution in [0.5, 0.6) is 0 Å².